The molecule has 0 N–H and O–H groups in total. The molecule has 0 bridgehead atoms. The molecule has 5 heteroatoms. The average molecular weight is 470 g/mol. The van der Waals surface area contributed by atoms with Gasteiger partial charge in [-0.2, -0.15) is 5.10 Å². The van der Waals surface area contributed by atoms with E-state index in [9.17, 15) is 4.39 Å². The summed E-state index contributed by atoms with van der Waals surface area (Å²) in [5.74, 6) is -0.246. The molecule has 1 aliphatic carbocycles. The number of benzene rings is 3. The molecule has 0 unspecified atom stereocenters. The van der Waals surface area contributed by atoms with Crippen LogP contribution in [0, 0.1) is 33.5 Å². The van der Waals surface area contributed by atoms with Crippen LogP contribution in [0.3, 0.4) is 0 Å². The van der Waals surface area contributed by atoms with Crippen molar-refractivity contribution in [3.63, 3.8) is 0 Å². The molecule has 0 radical (unpaired) electrons. The topological polar surface area (TPSA) is 29.6 Å². The van der Waals surface area contributed by atoms with Crippen LogP contribution in [0.15, 0.2) is 70.1 Å². The molecule has 0 amide bonds. The highest BCUT2D eigenvalue weighted by molar-refractivity contribution is 7.07. The van der Waals surface area contributed by atoms with Crippen molar-refractivity contribution in [2.75, 3.05) is 0 Å². The Balaban J connectivity index is 1.72. The summed E-state index contributed by atoms with van der Waals surface area (Å²) in [6.45, 7) is 8.54. The number of thiazole rings is 1. The second kappa shape index (κ2) is 9.15. The minimum absolute atomic E-state index is 0.246. The van der Waals surface area contributed by atoms with Crippen molar-refractivity contribution in [1.29, 1.82) is 0 Å². The molecule has 5 rings (SSSR count). The fourth-order valence-corrected chi connectivity index (χ4v) is 5.43. The molecule has 0 saturated carbocycles. The number of fused-ring (bicyclic) bond motifs is 1. The second-order valence-electron chi connectivity index (χ2n) is 9.11. The quantitative estimate of drug-likeness (QED) is 0.299. The summed E-state index contributed by atoms with van der Waals surface area (Å²) in [6, 6.07) is 17.3. The lowest BCUT2D eigenvalue weighted by atomic mass is 9.86. The molecular formula is C29H28FN3S. The van der Waals surface area contributed by atoms with E-state index >= 15 is 0 Å². The molecule has 0 saturated heterocycles. The van der Waals surface area contributed by atoms with Gasteiger partial charge in [-0.1, -0.05) is 17.7 Å². The molecule has 1 heterocycles. The van der Waals surface area contributed by atoms with E-state index in [2.05, 4.69) is 57.3 Å². The molecule has 172 valence electrons. The standard InChI is InChI=1S/C29H28FN3S/c1-18-14-21(4)25-6-5-7-27(26(25)15-18)32-33-28(22-9-11-23(30)12-10-22)17-34-29(33)31-24-13-8-19(2)20(3)16-24/h8-17H,5-7H2,1-4H3/b31-29?,32-27+. The van der Waals surface area contributed by atoms with Crippen LogP contribution in [0.1, 0.15) is 46.2 Å². The van der Waals surface area contributed by atoms with Crippen molar-refractivity contribution in [1.82, 2.24) is 4.68 Å². The van der Waals surface area contributed by atoms with E-state index in [0.29, 0.717) is 0 Å². The van der Waals surface area contributed by atoms with E-state index in [1.807, 2.05) is 10.7 Å². The summed E-state index contributed by atoms with van der Waals surface area (Å²) in [5.41, 5.74) is 11.5. The lowest BCUT2D eigenvalue weighted by Gasteiger charge is -2.21. The van der Waals surface area contributed by atoms with Crippen molar-refractivity contribution in [3.05, 3.63) is 104 Å². The third kappa shape index (κ3) is 4.40. The molecule has 4 aromatic rings. The van der Waals surface area contributed by atoms with Crippen molar-refractivity contribution in [2.24, 2.45) is 10.1 Å². The van der Waals surface area contributed by atoms with Crippen molar-refractivity contribution in [2.45, 2.75) is 47.0 Å². The van der Waals surface area contributed by atoms with E-state index in [4.69, 9.17) is 10.1 Å². The van der Waals surface area contributed by atoms with Crippen LogP contribution in [-0.2, 0) is 6.42 Å². The summed E-state index contributed by atoms with van der Waals surface area (Å²) in [4.78, 5) is 5.76. The molecule has 0 spiro atoms. The monoisotopic (exact) mass is 469 g/mol. The van der Waals surface area contributed by atoms with E-state index in [0.717, 1.165) is 46.7 Å². The maximum Gasteiger partial charge on any atom is 0.211 e. The Morgan fingerprint density at radius 1 is 0.853 bits per heavy atom. The van der Waals surface area contributed by atoms with E-state index < -0.39 is 0 Å². The van der Waals surface area contributed by atoms with Crippen molar-refractivity contribution in [3.8, 4) is 11.3 Å². The van der Waals surface area contributed by atoms with E-state index in [1.54, 1.807) is 23.5 Å². The first kappa shape index (κ1) is 22.5. The SMILES string of the molecule is Cc1cc(C)c2c(c1)/C(=N/n1c(-c3ccc(F)cc3)csc1=Nc1ccc(C)c(C)c1)CCC2. The molecule has 0 fully saturated rings. The lowest BCUT2D eigenvalue weighted by Crippen LogP contribution is -2.19. The molecule has 3 nitrogen and oxygen atoms in total. The summed E-state index contributed by atoms with van der Waals surface area (Å²) in [7, 11) is 0. The Labute approximate surface area is 204 Å². The van der Waals surface area contributed by atoms with Gasteiger partial charge in [0, 0.05) is 16.5 Å². The van der Waals surface area contributed by atoms with Crippen LogP contribution in [0.5, 0.6) is 0 Å². The van der Waals surface area contributed by atoms with Gasteiger partial charge in [0.25, 0.3) is 0 Å². The number of nitrogens with zero attached hydrogens (tertiary/aromatic N) is 3. The normalized spacial score (nSPS) is 15.1. The van der Waals surface area contributed by atoms with Crippen LogP contribution in [0.4, 0.5) is 10.1 Å². The van der Waals surface area contributed by atoms with Gasteiger partial charge in [0.2, 0.25) is 4.80 Å². The third-order valence-electron chi connectivity index (χ3n) is 6.53. The number of hydrogen-bond acceptors (Lipinski definition) is 3. The van der Waals surface area contributed by atoms with Gasteiger partial charge in [0.1, 0.15) is 5.82 Å². The maximum atomic E-state index is 13.6. The minimum atomic E-state index is -0.246. The Hall–Kier alpha value is -3.31. The van der Waals surface area contributed by atoms with Crippen LogP contribution in [0.25, 0.3) is 11.3 Å². The van der Waals surface area contributed by atoms with Crippen molar-refractivity contribution < 1.29 is 4.39 Å². The van der Waals surface area contributed by atoms with Gasteiger partial charge in [-0.3, -0.25) is 0 Å². The second-order valence-corrected chi connectivity index (χ2v) is 9.95. The molecule has 0 aliphatic heterocycles. The van der Waals surface area contributed by atoms with Gasteiger partial charge in [0.15, 0.2) is 0 Å². The zero-order valence-electron chi connectivity index (χ0n) is 20.0. The Kier molecular flexibility index (Phi) is 6.05. The number of aryl methyl sites for hydroxylation is 4. The van der Waals surface area contributed by atoms with E-state index in [1.165, 1.54) is 45.5 Å². The third-order valence-corrected chi connectivity index (χ3v) is 7.35. The Bertz CT molecular complexity index is 1470. The first-order chi connectivity index (χ1) is 16.4. The summed E-state index contributed by atoms with van der Waals surface area (Å²) >= 11 is 1.55. The molecule has 3 aromatic carbocycles. The van der Waals surface area contributed by atoms with Gasteiger partial charge in [0.05, 0.1) is 17.1 Å². The highest BCUT2D eigenvalue weighted by Gasteiger charge is 2.19. The summed E-state index contributed by atoms with van der Waals surface area (Å²) in [6.07, 6.45) is 3.08. The predicted octanol–water partition coefficient (Wildman–Crippen LogP) is 7.41. The number of hydrogen-bond donors (Lipinski definition) is 0. The fraction of sp³-hybridized carbons (Fsp3) is 0.241. The maximum absolute atomic E-state index is 13.6. The lowest BCUT2D eigenvalue weighted by molar-refractivity contribution is 0.628. The summed E-state index contributed by atoms with van der Waals surface area (Å²) < 4.78 is 15.6. The molecule has 1 aromatic heterocycles. The first-order valence-electron chi connectivity index (χ1n) is 11.7. The number of rotatable bonds is 3. The van der Waals surface area contributed by atoms with Gasteiger partial charge in [-0.25, -0.2) is 14.1 Å². The fourth-order valence-electron chi connectivity index (χ4n) is 4.58. The zero-order valence-corrected chi connectivity index (χ0v) is 20.8. The minimum Gasteiger partial charge on any atom is -0.220 e. The predicted molar refractivity (Wildman–Crippen MR) is 140 cm³/mol. The highest BCUT2D eigenvalue weighted by atomic mass is 32.1. The van der Waals surface area contributed by atoms with Crippen LogP contribution in [0.2, 0.25) is 0 Å². The average Bonchev–Trinajstić information content (AvgIpc) is 3.19. The Morgan fingerprint density at radius 2 is 1.65 bits per heavy atom. The molecular weight excluding hydrogens is 441 g/mol. The first-order valence-corrected chi connectivity index (χ1v) is 12.5. The highest BCUT2D eigenvalue weighted by Crippen LogP contribution is 2.28. The van der Waals surface area contributed by atoms with E-state index in [-0.39, 0.29) is 5.82 Å². The van der Waals surface area contributed by atoms with Gasteiger partial charge in [-0.15, -0.1) is 11.3 Å². The zero-order chi connectivity index (χ0) is 23.8. The smallest absolute Gasteiger partial charge is 0.211 e. The largest absolute Gasteiger partial charge is 0.220 e. The Morgan fingerprint density at radius 3 is 2.41 bits per heavy atom. The van der Waals surface area contributed by atoms with Gasteiger partial charge < -0.3 is 0 Å². The van der Waals surface area contributed by atoms with Gasteiger partial charge in [-0.05, 0) is 112 Å². The molecule has 1 aliphatic rings. The number of aromatic nitrogens is 1. The van der Waals surface area contributed by atoms with Gasteiger partial charge >= 0.3 is 0 Å². The van der Waals surface area contributed by atoms with Crippen LogP contribution < -0.4 is 4.80 Å². The van der Waals surface area contributed by atoms with Crippen LogP contribution >= 0.6 is 11.3 Å². The summed E-state index contributed by atoms with van der Waals surface area (Å²) in [5, 5.41) is 7.25. The van der Waals surface area contributed by atoms with Crippen molar-refractivity contribution >= 4 is 22.7 Å². The molecule has 34 heavy (non-hydrogen) atoms. The number of halogens is 1. The molecule has 0 atom stereocenters. The van der Waals surface area contributed by atoms with Crippen LogP contribution in [-0.4, -0.2) is 10.4 Å².